The van der Waals surface area contributed by atoms with Gasteiger partial charge >= 0.3 is 0 Å². The van der Waals surface area contributed by atoms with Gasteiger partial charge in [0.25, 0.3) is 0 Å². The molecule has 1 saturated heterocycles. The lowest BCUT2D eigenvalue weighted by atomic mass is 10.2. The fourth-order valence-electron chi connectivity index (χ4n) is 2.11. The Morgan fingerprint density at radius 3 is 2.37 bits per heavy atom. The first kappa shape index (κ1) is 16.7. The summed E-state index contributed by atoms with van der Waals surface area (Å²) in [6.45, 7) is 3.48. The second-order valence-electron chi connectivity index (χ2n) is 4.57. The maximum Gasteiger partial charge on any atom is 0.211 e. The Morgan fingerprint density at radius 2 is 1.84 bits per heavy atom. The molecule has 7 heteroatoms. The first-order valence-electron chi connectivity index (χ1n) is 5.87. The van der Waals surface area contributed by atoms with E-state index in [2.05, 4.69) is 4.90 Å². The Balaban J connectivity index is 0.00000180. The van der Waals surface area contributed by atoms with Crippen LogP contribution in [0.25, 0.3) is 0 Å². The van der Waals surface area contributed by atoms with Gasteiger partial charge in [-0.15, -0.1) is 12.4 Å². The average molecular weight is 325 g/mol. The first-order valence-corrected chi connectivity index (χ1v) is 8.10. The number of halogens is 2. The van der Waals surface area contributed by atoms with E-state index in [0.717, 1.165) is 30.2 Å². The lowest BCUT2D eigenvalue weighted by Crippen LogP contribution is -2.47. The van der Waals surface area contributed by atoms with Crippen molar-refractivity contribution >= 4 is 34.0 Å². The molecule has 0 unspecified atom stereocenters. The minimum atomic E-state index is -3.04. The molecule has 1 fully saturated rings. The number of hydrogen-bond acceptors (Lipinski definition) is 3. The van der Waals surface area contributed by atoms with Gasteiger partial charge < -0.3 is 0 Å². The van der Waals surface area contributed by atoms with Crippen molar-refractivity contribution in [3.05, 3.63) is 34.9 Å². The molecule has 0 amide bonds. The summed E-state index contributed by atoms with van der Waals surface area (Å²) in [6, 6.07) is 7.77. The SMILES string of the molecule is CS(=O)(=O)N1CCN(Cc2cccc(Cl)c2)CC1.Cl. The first-order chi connectivity index (χ1) is 8.45. The highest BCUT2D eigenvalue weighted by atomic mass is 35.5. The van der Waals surface area contributed by atoms with E-state index in [1.54, 1.807) is 0 Å². The van der Waals surface area contributed by atoms with Gasteiger partial charge in [0.15, 0.2) is 0 Å². The van der Waals surface area contributed by atoms with Crippen LogP contribution in [0, 0.1) is 0 Å². The third-order valence-corrected chi connectivity index (χ3v) is 4.63. The third kappa shape index (κ3) is 4.93. The summed E-state index contributed by atoms with van der Waals surface area (Å²) < 4.78 is 24.3. The van der Waals surface area contributed by atoms with Crippen LogP contribution in [0.2, 0.25) is 5.02 Å². The monoisotopic (exact) mass is 324 g/mol. The third-order valence-electron chi connectivity index (χ3n) is 3.10. The van der Waals surface area contributed by atoms with Crippen molar-refractivity contribution in [2.45, 2.75) is 6.54 Å². The fraction of sp³-hybridized carbons (Fsp3) is 0.500. The quantitative estimate of drug-likeness (QED) is 0.851. The Morgan fingerprint density at radius 1 is 1.21 bits per heavy atom. The molecular weight excluding hydrogens is 307 g/mol. The van der Waals surface area contributed by atoms with Gasteiger partial charge in [-0.3, -0.25) is 4.90 Å². The number of piperazine rings is 1. The molecular formula is C12H18Cl2N2O2S. The van der Waals surface area contributed by atoms with Crippen LogP contribution < -0.4 is 0 Å². The molecule has 1 aromatic carbocycles. The van der Waals surface area contributed by atoms with Crippen molar-refractivity contribution in [1.82, 2.24) is 9.21 Å². The van der Waals surface area contributed by atoms with Crippen LogP contribution in [-0.2, 0) is 16.6 Å². The molecule has 0 radical (unpaired) electrons. The van der Waals surface area contributed by atoms with E-state index in [4.69, 9.17) is 11.6 Å². The summed E-state index contributed by atoms with van der Waals surface area (Å²) in [5.74, 6) is 0. The summed E-state index contributed by atoms with van der Waals surface area (Å²) in [5, 5.41) is 0.738. The van der Waals surface area contributed by atoms with Crippen molar-refractivity contribution in [2.24, 2.45) is 0 Å². The largest absolute Gasteiger partial charge is 0.296 e. The normalized spacial score (nSPS) is 18.0. The highest BCUT2D eigenvalue weighted by Gasteiger charge is 2.23. The van der Waals surface area contributed by atoms with E-state index in [1.807, 2.05) is 24.3 Å². The van der Waals surface area contributed by atoms with Crippen molar-refractivity contribution < 1.29 is 8.42 Å². The molecule has 1 aliphatic rings. The molecule has 0 N–H and O–H groups in total. The van der Waals surface area contributed by atoms with E-state index in [1.165, 1.54) is 10.6 Å². The Bertz CT molecular complexity index is 514. The highest BCUT2D eigenvalue weighted by Crippen LogP contribution is 2.14. The summed E-state index contributed by atoms with van der Waals surface area (Å²) in [4.78, 5) is 2.24. The van der Waals surface area contributed by atoms with E-state index in [-0.39, 0.29) is 12.4 Å². The van der Waals surface area contributed by atoms with E-state index >= 15 is 0 Å². The highest BCUT2D eigenvalue weighted by molar-refractivity contribution is 7.88. The predicted molar refractivity (Wildman–Crippen MR) is 80.4 cm³/mol. The zero-order valence-corrected chi connectivity index (χ0v) is 13.1. The Kier molecular flexibility index (Phi) is 6.08. The Hall–Kier alpha value is -0.330. The van der Waals surface area contributed by atoms with Crippen LogP contribution in [0.15, 0.2) is 24.3 Å². The summed E-state index contributed by atoms with van der Waals surface area (Å²) in [5.41, 5.74) is 1.16. The second-order valence-corrected chi connectivity index (χ2v) is 6.99. The number of hydrogen-bond donors (Lipinski definition) is 0. The molecule has 0 aliphatic carbocycles. The molecule has 2 rings (SSSR count). The Labute approximate surface area is 125 Å². The minimum Gasteiger partial charge on any atom is -0.296 e. The zero-order chi connectivity index (χ0) is 13.2. The topological polar surface area (TPSA) is 40.6 Å². The standard InChI is InChI=1S/C12H17ClN2O2S.ClH/c1-18(16,17)15-7-5-14(6-8-15)10-11-3-2-4-12(13)9-11;/h2-4,9H,5-8,10H2,1H3;1H. The molecule has 0 saturated carbocycles. The van der Waals surface area contributed by atoms with E-state index < -0.39 is 10.0 Å². The molecule has 1 heterocycles. The molecule has 19 heavy (non-hydrogen) atoms. The van der Waals surface area contributed by atoms with Crippen molar-refractivity contribution in [3.8, 4) is 0 Å². The maximum absolute atomic E-state index is 11.4. The van der Waals surface area contributed by atoms with Crippen LogP contribution in [0.1, 0.15) is 5.56 Å². The number of sulfonamides is 1. The zero-order valence-electron chi connectivity index (χ0n) is 10.8. The summed E-state index contributed by atoms with van der Waals surface area (Å²) in [7, 11) is -3.04. The van der Waals surface area contributed by atoms with Gasteiger partial charge in [0, 0.05) is 37.7 Å². The molecule has 0 aromatic heterocycles. The van der Waals surface area contributed by atoms with Crippen molar-refractivity contribution in [2.75, 3.05) is 32.4 Å². The van der Waals surface area contributed by atoms with Gasteiger partial charge in [-0.25, -0.2) is 8.42 Å². The molecule has 0 bridgehead atoms. The van der Waals surface area contributed by atoms with Gasteiger partial charge in [0.05, 0.1) is 6.26 Å². The van der Waals surface area contributed by atoms with Crippen LogP contribution in [0.4, 0.5) is 0 Å². The smallest absolute Gasteiger partial charge is 0.211 e. The van der Waals surface area contributed by atoms with E-state index in [9.17, 15) is 8.42 Å². The minimum absolute atomic E-state index is 0. The van der Waals surface area contributed by atoms with Gasteiger partial charge in [-0.1, -0.05) is 23.7 Å². The molecule has 1 aromatic rings. The maximum atomic E-state index is 11.4. The number of nitrogens with zero attached hydrogens (tertiary/aromatic N) is 2. The van der Waals surface area contributed by atoms with Crippen LogP contribution in [0.3, 0.4) is 0 Å². The molecule has 0 atom stereocenters. The van der Waals surface area contributed by atoms with Crippen molar-refractivity contribution in [3.63, 3.8) is 0 Å². The fourth-order valence-corrected chi connectivity index (χ4v) is 3.15. The van der Waals surface area contributed by atoms with Crippen LogP contribution >= 0.6 is 24.0 Å². The average Bonchev–Trinajstić information content (AvgIpc) is 2.28. The predicted octanol–water partition coefficient (Wildman–Crippen LogP) is 1.84. The van der Waals surface area contributed by atoms with Crippen LogP contribution in [0.5, 0.6) is 0 Å². The number of benzene rings is 1. The molecule has 108 valence electrons. The lowest BCUT2D eigenvalue weighted by molar-refractivity contribution is 0.182. The van der Waals surface area contributed by atoms with Gasteiger partial charge in [-0.2, -0.15) is 4.31 Å². The second kappa shape index (κ2) is 6.90. The van der Waals surface area contributed by atoms with E-state index in [0.29, 0.717) is 13.1 Å². The number of rotatable bonds is 3. The summed E-state index contributed by atoms with van der Waals surface area (Å²) >= 11 is 5.94. The summed E-state index contributed by atoms with van der Waals surface area (Å²) in [6.07, 6.45) is 1.26. The van der Waals surface area contributed by atoms with Crippen LogP contribution in [-0.4, -0.2) is 50.1 Å². The molecule has 4 nitrogen and oxygen atoms in total. The van der Waals surface area contributed by atoms with Gasteiger partial charge in [0.2, 0.25) is 10.0 Å². The lowest BCUT2D eigenvalue weighted by Gasteiger charge is -2.33. The van der Waals surface area contributed by atoms with Gasteiger partial charge in [0.1, 0.15) is 0 Å². The molecule has 1 aliphatic heterocycles. The van der Waals surface area contributed by atoms with Gasteiger partial charge in [-0.05, 0) is 17.7 Å². The molecule has 0 spiro atoms. The van der Waals surface area contributed by atoms with Crippen molar-refractivity contribution in [1.29, 1.82) is 0 Å².